The first-order chi connectivity index (χ1) is 7.86. The lowest BCUT2D eigenvalue weighted by atomic mass is 10.0. The molecule has 0 N–H and O–H groups in total. The van der Waals surface area contributed by atoms with Crippen molar-refractivity contribution in [3.05, 3.63) is 35.1 Å². The minimum atomic E-state index is -4.77. The van der Waals surface area contributed by atoms with E-state index in [0.717, 1.165) is 12.5 Å². The van der Waals surface area contributed by atoms with Gasteiger partial charge in [-0.3, -0.25) is 4.79 Å². The highest BCUT2D eigenvalue weighted by Gasteiger charge is 2.34. The molecule has 17 heavy (non-hydrogen) atoms. The molecule has 0 aliphatic rings. The van der Waals surface area contributed by atoms with Crippen LogP contribution in [0.5, 0.6) is 0 Å². The molecule has 1 aromatic rings. The molecule has 0 aliphatic heterocycles. The number of ketones is 1. The van der Waals surface area contributed by atoms with Crippen molar-refractivity contribution in [3.63, 3.8) is 0 Å². The van der Waals surface area contributed by atoms with Gasteiger partial charge in [-0.05, 0) is 24.6 Å². The van der Waals surface area contributed by atoms with Crippen LogP contribution < -0.4 is 0 Å². The zero-order valence-corrected chi connectivity index (χ0v) is 9.27. The van der Waals surface area contributed by atoms with E-state index in [-0.39, 0.29) is 12.0 Å². The molecule has 1 rings (SSSR count). The third kappa shape index (κ3) is 3.54. The van der Waals surface area contributed by atoms with Crippen molar-refractivity contribution in [2.45, 2.75) is 32.4 Å². The second-order valence-corrected chi connectivity index (χ2v) is 3.72. The van der Waals surface area contributed by atoms with Gasteiger partial charge in [0.05, 0.1) is 5.56 Å². The molecule has 1 aromatic carbocycles. The molecular formula is C12H12F4O. The lowest BCUT2D eigenvalue weighted by Gasteiger charge is -2.09. The van der Waals surface area contributed by atoms with E-state index < -0.39 is 23.3 Å². The SMILES string of the molecule is CCCCC(=O)c1ccc(F)c(C(F)(F)F)c1. The van der Waals surface area contributed by atoms with Crippen LogP contribution in [0.4, 0.5) is 17.6 Å². The molecular weight excluding hydrogens is 236 g/mol. The first-order valence-corrected chi connectivity index (χ1v) is 5.26. The molecule has 0 amide bonds. The molecule has 0 bridgehead atoms. The van der Waals surface area contributed by atoms with Crippen LogP contribution in [0.3, 0.4) is 0 Å². The first kappa shape index (κ1) is 13.7. The summed E-state index contributed by atoms with van der Waals surface area (Å²) in [6.45, 7) is 1.87. The van der Waals surface area contributed by atoms with E-state index >= 15 is 0 Å². The number of benzene rings is 1. The zero-order valence-electron chi connectivity index (χ0n) is 9.27. The van der Waals surface area contributed by atoms with Crippen LogP contribution >= 0.6 is 0 Å². The van der Waals surface area contributed by atoms with Crippen LogP contribution in [0, 0.1) is 5.82 Å². The van der Waals surface area contributed by atoms with Crippen molar-refractivity contribution < 1.29 is 22.4 Å². The Labute approximate surface area is 96.4 Å². The summed E-state index contributed by atoms with van der Waals surface area (Å²) in [4.78, 5) is 11.5. The molecule has 0 heterocycles. The van der Waals surface area contributed by atoms with Crippen molar-refractivity contribution in [2.24, 2.45) is 0 Å². The summed E-state index contributed by atoms with van der Waals surface area (Å²) < 4.78 is 50.1. The van der Waals surface area contributed by atoms with Gasteiger partial charge in [0.2, 0.25) is 0 Å². The average Bonchev–Trinajstić information content (AvgIpc) is 2.25. The molecule has 0 spiro atoms. The van der Waals surface area contributed by atoms with Gasteiger partial charge in [-0.25, -0.2) is 4.39 Å². The molecule has 94 valence electrons. The quantitative estimate of drug-likeness (QED) is 0.576. The number of hydrogen-bond acceptors (Lipinski definition) is 1. The molecule has 0 unspecified atom stereocenters. The van der Waals surface area contributed by atoms with Crippen molar-refractivity contribution in [3.8, 4) is 0 Å². The first-order valence-electron chi connectivity index (χ1n) is 5.26. The minimum Gasteiger partial charge on any atom is -0.294 e. The predicted octanol–water partition coefficient (Wildman–Crippen LogP) is 4.22. The number of carbonyl (C=O) groups is 1. The lowest BCUT2D eigenvalue weighted by Crippen LogP contribution is -2.10. The second kappa shape index (κ2) is 5.29. The Morgan fingerprint density at radius 1 is 1.29 bits per heavy atom. The average molecular weight is 248 g/mol. The molecule has 5 heteroatoms. The summed E-state index contributed by atoms with van der Waals surface area (Å²) in [6.07, 6.45) is -3.21. The Hall–Kier alpha value is -1.39. The monoisotopic (exact) mass is 248 g/mol. The molecule has 0 saturated heterocycles. The number of Topliss-reactive ketones (excluding diaryl/α,β-unsaturated/α-hetero) is 1. The van der Waals surface area contributed by atoms with Gasteiger partial charge in [-0.15, -0.1) is 0 Å². The number of hydrogen-bond donors (Lipinski definition) is 0. The van der Waals surface area contributed by atoms with Gasteiger partial charge in [-0.1, -0.05) is 13.3 Å². The van der Waals surface area contributed by atoms with Crippen LogP contribution in [-0.4, -0.2) is 5.78 Å². The van der Waals surface area contributed by atoms with E-state index in [0.29, 0.717) is 18.6 Å². The van der Waals surface area contributed by atoms with Gasteiger partial charge in [0.15, 0.2) is 5.78 Å². The number of carbonyl (C=O) groups excluding carboxylic acids is 1. The van der Waals surface area contributed by atoms with Crippen LogP contribution in [0.25, 0.3) is 0 Å². The number of rotatable bonds is 4. The third-order valence-electron chi connectivity index (χ3n) is 2.35. The van der Waals surface area contributed by atoms with Gasteiger partial charge in [-0.2, -0.15) is 13.2 Å². The Morgan fingerprint density at radius 2 is 1.94 bits per heavy atom. The maximum atomic E-state index is 12.9. The fourth-order valence-electron chi connectivity index (χ4n) is 1.40. The molecule has 1 nitrogen and oxygen atoms in total. The summed E-state index contributed by atoms with van der Waals surface area (Å²) in [5.41, 5.74) is -1.48. The Balaban J connectivity index is 3.00. The fraction of sp³-hybridized carbons (Fsp3) is 0.417. The minimum absolute atomic E-state index is 0.0906. The summed E-state index contributed by atoms with van der Waals surface area (Å²) in [6, 6.07) is 2.35. The fourth-order valence-corrected chi connectivity index (χ4v) is 1.40. The molecule has 0 fully saturated rings. The van der Waals surface area contributed by atoms with Gasteiger partial charge in [0.1, 0.15) is 5.82 Å². The summed E-state index contributed by atoms with van der Waals surface area (Å²) in [5, 5.41) is 0. The highest BCUT2D eigenvalue weighted by molar-refractivity contribution is 5.96. The van der Waals surface area contributed by atoms with Gasteiger partial charge in [0.25, 0.3) is 0 Å². The highest BCUT2D eigenvalue weighted by Crippen LogP contribution is 2.32. The number of halogens is 4. The zero-order chi connectivity index (χ0) is 13.1. The summed E-state index contributed by atoms with van der Waals surface area (Å²) >= 11 is 0. The largest absolute Gasteiger partial charge is 0.419 e. The maximum absolute atomic E-state index is 12.9. The van der Waals surface area contributed by atoms with E-state index in [2.05, 4.69) is 0 Å². The van der Waals surface area contributed by atoms with E-state index in [1.165, 1.54) is 0 Å². The smallest absolute Gasteiger partial charge is 0.294 e. The topological polar surface area (TPSA) is 17.1 Å². The summed E-state index contributed by atoms with van der Waals surface area (Å²) in [5.74, 6) is -1.75. The van der Waals surface area contributed by atoms with Crippen molar-refractivity contribution in [2.75, 3.05) is 0 Å². The normalized spacial score (nSPS) is 11.6. The maximum Gasteiger partial charge on any atom is 0.419 e. The highest BCUT2D eigenvalue weighted by atomic mass is 19.4. The van der Waals surface area contributed by atoms with Crippen LogP contribution in [0.2, 0.25) is 0 Å². The van der Waals surface area contributed by atoms with E-state index in [4.69, 9.17) is 0 Å². The van der Waals surface area contributed by atoms with E-state index in [1.54, 1.807) is 0 Å². The lowest BCUT2D eigenvalue weighted by molar-refractivity contribution is -0.140. The molecule has 0 radical (unpaired) electrons. The Morgan fingerprint density at radius 3 is 2.47 bits per heavy atom. The van der Waals surface area contributed by atoms with Crippen LogP contribution in [-0.2, 0) is 6.18 Å². The van der Waals surface area contributed by atoms with E-state index in [1.807, 2.05) is 6.92 Å². The standard InChI is InChI=1S/C12H12F4O/c1-2-3-4-11(17)8-5-6-10(13)9(7-8)12(14,15)16/h5-7H,2-4H2,1H3. The van der Waals surface area contributed by atoms with Gasteiger partial charge < -0.3 is 0 Å². The van der Waals surface area contributed by atoms with Gasteiger partial charge in [0, 0.05) is 12.0 Å². The van der Waals surface area contributed by atoms with Crippen LogP contribution in [0.1, 0.15) is 42.1 Å². The molecule has 0 saturated carbocycles. The number of alkyl halides is 3. The third-order valence-corrected chi connectivity index (χ3v) is 2.35. The Bertz CT molecular complexity index is 409. The van der Waals surface area contributed by atoms with Crippen molar-refractivity contribution in [1.82, 2.24) is 0 Å². The van der Waals surface area contributed by atoms with Crippen LogP contribution in [0.15, 0.2) is 18.2 Å². The number of unbranched alkanes of at least 4 members (excludes halogenated alkanes) is 1. The Kier molecular flexibility index (Phi) is 4.26. The predicted molar refractivity (Wildman–Crippen MR) is 55.3 cm³/mol. The second-order valence-electron chi connectivity index (χ2n) is 3.72. The molecule has 0 atom stereocenters. The van der Waals surface area contributed by atoms with Crippen molar-refractivity contribution >= 4 is 5.78 Å². The molecule has 0 aliphatic carbocycles. The van der Waals surface area contributed by atoms with Gasteiger partial charge >= 0.3 is 6.18 Å². The van der Waals surface area contributed by atoms with E-state index in [9.17, 15) is 22.4 Å². The van der Waals surface area contributed by atoms with Crippen molar-refractivity contribution in [1.29, 1.82) is 0 Å². The summed E-state index contributed by atoms with van der Waals surface area (Å²) in [7, 11) is 0. The molecule has 0 aromatic heterocycles.